The van der Waals surface area contributed by atoms with Gasteiger partial charge >= 0.3 is 5.97 Å². The molecule has 0 unspecified atom stereocenters. The van der Waals surface area contributed by atoms with Gasteiger partial charge in [0, 0.05) is 18.3 Å². The van der Waals surface area contributed by atoms with E-state index in [0.717, 1.165) is 0 Å². The summed E-state index contributed by atoms with van der Waals surface area (Å²) in [6.45, 7) is 0.0536. The van der Waals surface area contributed by atoms with Gasteiger partial charge in [0.15, 0.2) is 0 Å². The molecule has 3 N–H and O–H groups in total. The number of benzene rings is 1. The Kier molecular flexibility index (Phi) is 4.50. The van der Waals surface area contributed by atoms with E-state index in [2.05, 4.69) is 4.74 Å². The molecule has 1 atom stereocenters. The highest BCUT2D eigenvalue weighted by atomic mass is 32.2. The standard InChI is InChI=1S/C13H18N2O5S/c1-20-13(17)11-5-4-9(14)7-12(11)21(18,19)15-6-2-3-10(15)8-16/h4-5,7,10,16H,2-3,6,8,14H2,1H3/t10-/m0/s1. The number of sulfonamides is 1. The summed E-state index contributed by atoms with van der Waals surface area (Å²) in [7, 11) is -2.73. The van der Waals surface area contributed by atoms with Crippen LogP contribution in [0.25, 0.3) is 0 Å². The molecule has 0 bridgehead atoms. The summed E-state index contributed by atoms with van der Waals surface area (Å²) < 4.78 is 31.3. The Hall–Kier alpha value is -1.64. The molecular formula is C13H18N2O5S. The smallest absolute Gasteiger partial charge is 0.339 e. The van der Waals surface area contributed by atoms with Gasteiger partial charge in [-0.05, 0) is 31.0 Å². The first-order chi connectivity index (χ1) is 9.91. The van der Waals surface area contributed by atoms with E-state index in [9.17, 15) is 18.3 Å². The lowest BCUT2D eigenvalue weighted by Gasteiger charge is -2.23. The lowest BCUT2D eigenvalue weighted by atomic mass is 10.2. The molecule has 1 aromatic rings. The van der Waals surface area contributed by atoms with E-state index in [1.807, 2.05) is 0 Å². The summed E-state index contributed by atoms with van der Waals surface area (Å²) in [5.74, 6) is -0.742. The van der Waals surface area contributed by atoms with E-state index in [4.69, 9.17) is 5.73 Å². The maximum Gasteiger partial charge on any atom is 0.339 e. The number of ether oxygens (including phenoxy) is 1. The number of carbonyl (C=O) groups excluding carboxylic acids is 1. The molecule has 21 heavy (non-hydrogen) atoms. The largest absolute Gasteiger partial charge is 0.465 e. The van der Waals surface area contributed by atoms with Crippen LogP contribution in [-0.2, 0) is 14.8 Å². The van der Waals surface area contributed by atoms with Gasteiger partial charge in [-0.15, -0.1) is 0 Å². The van der Waals surface area contributed by atoms with Crippen LogP contribution in [0, 0.1) is 0 Å². The normalized spacial score (nSPS) is 19.6. The van der Waals surface area contributed by atoms with Crippen molar-refractivity contribution < 1.29 is 23.1 Å². The van der Waals surface area contributed by atoms with Crippen LogP contribution in [-0.4, -0.2) is 50.1 Å². The summed E-state index contributed by atoms with van der Waals surface area (Å²) in [6, 6.07) is 3.55. The molecule has 1 aliphatic rings. The second-order valence-corrected chi connectivity index (χ2v) is 6.70. The summed E-state index contributed by atoms with van der Waals surface area (Å²) in [5.41, 5.74) is 5.82. The predicted octanol–water partition coefficient (Wildman–Crippen LogP) is 0.201. The number of hydrogen-bond donors (Lipinski definition) is 2. The summed E-state index contributed by atoms with van der Waals surface area (Å²) in [4.78, 5) is 11.6. The van der Waals surface area contributed by atoms with E-state index in [1.165, 1.54) is 29.6 Å². The predicted molar refractivity (Wildman–Crippen MR) is 76.2 cm³/mol. The highest BCUT2D eigenvalue weighted by Gasteiger charge is 2.37. The SMILES string of the molecule is COC(=O)c1ccc(N)cc1S(=O)(=O)N1CCC[C@H]1CO. The van der Waals surface area contributed by atoms with Gasteiger partial charge < -0.3 is 15.6 Å². The first-order valence-electron chi connectivity index (χ1n) is 6.52. The molecule has 0 amide bonds. The Labute approximate surface area is 123 Å². The number of methoxy groups -OCH3 is 1. The van der Waals surface area contributed by atoms with Crippen molar-refractivity contribution in [3.63, 3.8) is 0 Å². The lowest BCUT2D eigenvalue weighted by Crippen LogP contribution is -2.38. The number of aliphatic hydroxyl groups is 1. The van der Waals surface area contributed by atoms with Crippen LogP contribution in [0.15, 0.2) is 23.1 Å². The summed E-state index contributed by atoms with van der Waals surface area (Å²) in [6.07, 6.45) is 1.26. The van der Waals surface area contributed by atoms with Crippen LogP contribution in [0.2, 0.25) is 0 Å². The summed E-state index contributed by atoms with van der Waals surface area (Å²) >= 11 is 0. The molecule has 0 spiro atoms. The zero-order valence-electron chi connectivity index (χ0n) is 11.7. The van der Waals surface area contributed by atoms with Gasteiger partial charge in [0.1, 0.15) is 0 Å². The number of carbonyl (C=O) groups is 1. The zero-order valence-corrected chi connectivity index (χ0v) is 12.5. The van der Waals surface area contributed by atoms with Crippen molar-refractivity contribution in [3.8, 4) is 0 Å². The molecule has 8 heteroatoms. The van der Waals surface area contributed by atoms with Crippen molar-refractivity contribution in [2.24, 2.45) is 0 Å². The molecular weight excluding hydrogens is 296 g/mol. The lowest BCUT2D eigenvalue weighted by molar-refractivity contribution is 0.0596. The van der Waals surface area contributed by atoms with Crippen molar-refractivity contribution in [2.75, 3.05) is 26.0 Å². The molecule has 0 aliphatic carbocycles. The minimum absolute atomic E-state index is 0.0599. The number of anilines is 1. The average Bonchev–Trinajstić information content (AvgIpc) is 2.95. The third-order valence-corrected chi connectivity index (χ3v) is 5.52. The van der Waals surface area contributed by atoms with Gasteiger partial charge in [-0.3, -0.25) is 0 Å². The van der Waals surface area contributed by atoms with Gasteiger partial charge in [-0.2, -0.15) is 4.31 Å². The molecule has 1 aromatic carbocycles. The van der Waals surface area contributed by atoms with Gasteiger partial charge in [0.25, 0.3) is 0 Å². The van der Waals surface area contributed by atoms with E-state index in [-0.39, 0.29) is 22.8 Å². The number of nitrogens with two attached hydrogens (primary N) is 1. The highest BCUT2D eigenvalue weighted by Crippen LogP contribution is 2.29. The second kappa shape index (κ2) is 6.00. The zero-order chi connectivity index (χ0) is 15.6. The molecule has 1 saturated heterocycles. The van der Waals surface area contributed by atoms with Crippen molar-refractivity contribution in [2.45, 2.75) is 23.8 Å². The monoisotopic (exact) mass is 314 g/mol. The first-order valence-corrected chi connectivity index (χ1v) is 7.96. The fourth-order valence-electron chi connectivity index (χ4n) is 2.47. The number of esters is 1. The topological polar surface area (TPSA) is 110 Å². The number of nitrogens with zero attached hydrogens (tertiary/aromatic N) is 1. The molecule has 2 rings (SSSR count). The average molecular weight is 314 g/mol. The Balaban J connectivity index is 2.53. The Morgan fingerprint density at radius 2 is 2.24 bits per heavy atom. The van der Waals surface area contributed by atoms with Gasteiger partial charge in [0.2, 0.25) is 10.0 Å². The fraction of sp³-hybridized carbons (Fsp3) is 0.462. The maximum atomic E-state index is 12.7. The van der Waals surface area contributed by atoms with Gasteiger partial charge in [0.05, 0.1) is 24.2 Å². The molecule has 1 fully saturated rings. The Morgan fingerprint density at radius 1 is 1.52 bits per heavy atom. The molecule has 7 nitrogen and oxygen atoms in total. The molecule has 0 radical (unpaired) electrons. The highest BCUT2D eigenvalue weighted by molar-refractivity contribution is 7.89. The van der Waals surface area contributed by atoms with Crippen LogP contribution in [0.5, 0.6) is 0 Å². The number of nitrogen functional groups attached to an aromatic ring is 1. The minimum atomic E-state index is -3.92. The van der Waals surface area contributed by atoms with Crippen LogP contribution in [0.3, 0.4) is 0 Å². The van der Waals surface area contributed by atoms with Crippen LogP contribution in [0.1, 0.15) is 23.2 Å². The number of rotatable bonds is 4. The Morgan fingerprint density at radius 3 is 2.86 bits per heavy atom. The third-order valence-electron chi connectivity index (χ3n) is 3.53. The van der Waals surface area contributed by atoms with E-state index in [1.54, 1.807) is 0 Å². The second-order valence-electron chi connectivity index (χ2n) is 4.84. The van der Waals surface area contributed by atoms with Crippen LogP contribution < -0.4 is 5.73 Å². The molecule has 116 valence electrons. The van der Waals surface area contributed by atoms with Gasteiger partial charge in [-0.1, -0.05) is 0 Å². The van der Waals surface area contributed by atoms with Crippen LogP contribution >= 0.6 is 0 Å². The van der Waals surface area contributed by atoms with Crippen LogP contribution in [0.4, 0.5) is 5.69 Å². The first kappa shape index (κ1) is 15.7. The minimum Gasteiger partial charge on any atom is -0.465 e. The van der Waals surface area contributed by atoms with E-state index < -0.39 is 22.0 Å². The quantitative estimate of drug-likeness (QED) is 0.607. The molecule has 1 heterocycles. The van der Waals surface area contributed by atoms with Gasteiger partial charge in [-0.25, -0.2) is 13.2 Å². The summed E-state index contributed by atoms with van der Waals surface area (Å²) in [5, 5.41) is 9.30. The fourth-order valence-corrected chi connectivity index (χ4v) is 4.37. The van der Waals surface area contributed by atoms with E-state index >= 15 is 0 Å². The third kappa shape index (κ3) is 2.87. The van der Waals surface area contributed by atoms with Crippen molar-refractivity contribution in [1.82, 2.24) is 4.31 Å². The molecule has 1 aliphatic heterocycles. The van der Waals surface area contributed by atoms with Crippen molar-refractivity contribution in [3.05, 3.63) is 23.8 Å². The van der Waals surface area contributed by atoms with Crippen molar-refractivity contribution in [1.29, 1.82) is 0 Å². The number of hydrogen-bond acceptors (Lipinski definition) is 6. The Bertz CT molecular complexity index is 644. The van der Waals surface area contributed by atoms with E-state index in [0.29, 0.717) is 19.4 Å². The molecule has 0 aromatic heterocycles. The number of aliphatic hydroxyl groups excluding tert-OH is 1. The molecule has 0 saturated carbocycles. The van der Waals surface area contributed by atoms with Crippen molar-refractivity contribution >= 4 is 21.7 Å². The maximum absolute atomic E-state index is 12.7.